The fourth-order valence-corrected chi connectivity index (χ4v) is 3.44. The smallest absolute Gasteiger partial charge is 0.339 e. The van der Waals surface area contributed by atoms with E-state index in [1.54, 1.807) is 19.2 Å². The molecule has 26 heavy (non-hydrogen) atoms. The van der Waals surface area contributed by atoms with Crippen molar-refractivity contribution in [2.75, 3.05) is 24.6 Å². The molecule has 0 bridgehead atoms. The van der Waals surface area contributed by atoms with Gasteiger partial charge in [-0.25, -0.2) is 9.78 Å². The van der Waals surface area contributed by atoms with Gasteiger partial charge in [0, 0.05) is 31.4 Å². The van der Waals surface area contributed by atoms with Crippen molar-refractivity contribution in [1.29, 1.82) is 0 Å². The number of pyridine rings is 2. The number of hydrogen-bond donors (Lipinski definition) is 0. The van der Waals surface area contributed by atoms with Gasteiger partial charge in [0.25, 0.3) is 0 Å². The van der Waals surface area contributed by atoms with E-state index in [1.165, 1.54) is 0 Å². The van der Waals surface area contributed by atoms with Crippen molar-refractivity contribution >= 4 is 17.4 Å². The van der Waals surface area contributed by atoms with Crippen LogP contribution in [0.4, 0.5) is 5.82 Å². The lowest BCUT2D eigenvalue weighted by molar-refractivity contribution is 0.0526. The molecular formula is C19H21N5O2. The first-order valence-corrected chi connectivity index (χ1v) is 8.94. The molecule has 1 aliphatic rings. The first kappa shape index (κ1) is 16.5. The first-order valence-electron chi connectivity index (χ1n) is 8.94. The Hall–Kier alpha value is -2.96. The highest BCUT2D eigenvalue weighted by Crippen LogP contribution is 2.28. The van der Waals surface area contributed by atoms with Gasteiger partial charge < -0.3 is 9.64 Å². The van der Waals surface area contributed by atoms with Crippen LogP contribution in [0.2, 0.25) is 0 Å². The van der Waals surface area contributed by atoms with Crippen LogP contribution >= 0.6 is 0 Å². The number of carbonyl (C=O) groups is 1. The Bertz CT molecular complexity index is 906. The number of piperidine rings is 1. The SMILES string of the molecule is CCOC(=O)c1ccc(N2CCC[C@H](c3nnc4ccccn34)C2)nc1. The molecule has 4 heterocycles. The fraction of sp³-hybridized carbons (Fsp3) is 0.368. The van der Waals surface area contributed by atoms with Gasteiger partial charge in [0.15, 0.2) is 5.65 Å². The van der Waals surface area contributed by atoms with Gasteiger partial charge in [-0.15, -0.1) is 10.2 Å². The van der Waals surface area contributed by atoms with Gasteiger partial charge in [-0.3, -0.25) is 4.40 Å². The van der Waals surface area contributed by atoms with E-state index in [-0.39, 0.29) is 5.97 Å². The van der Waals surface area contributed by atoms with E-state index in [9.17, 15) is 4.79 Å². The minimum atomic E-state index is -0.335. The van der Waals surface area contributed by atoms with Crippen LogP contribution in [0.15, 0.2) is 42.7 Å². The summed E-state index contributed by atoms with van der Waals surface area (Å²) in [5, 5.41) is 8.68. The molecule has 3 aromatic heterocycles. The lowest BCUT2D eigenvalue weighted by atomic mass is 9.97. The average Bonchev–Trinajstić information content (AvgIpc) is 3.13. The van der Waals surface area contributed by atoms with Crippen LogP contribution < -0.4 is 4.90 Å². The van der Waals surface area contributed by atoms with Crippen molar-refractivity contribution in [1.82, 2.24) is 19.6 Å². The molecule has 0 spiro atoms. The maximum absolute atomic E-state index is 11.8. The lowest BCUT2D eigenvalue weighted by Gasteiger charge is -2.32. The second-order valence-corrected chi connectivity index (χ2v) is 6.40. The predicted octanol–water partition coefficient (Wildman–Crippen LogP) is 2.69. The van der Waals surface area contributed by atoms with Crippen LogP contribution in [0, 0.1) is 0 Å². The van der Waals surface area contributed by atoms with Gasteiger partial charge in [0.05, 0.1) is 12.2 Å². The summed E-state index contributed by atoms with van der Waals surface area (Å²) in [6.07, 6.45) is 5.74. The summed E-state index contributed by atoms with van der Waals surface area (Å²) in [6.45, 7) is 3.93. The molecule has 0 radical (unpaired) electrons. The Labute approximate surface area is 151 Å². The van der Waals surface area contributed by atoms with E-state index < -0.39 is 0 Å². The molecule has 0 unspecified atom stereocenters. The molecule has 7 heteroatoms. The zero-order chi connectivity index (χ0) is 17.9. The molecule has 0 aromatic carbocycles. The third-order valence-electron chi connectivity index (χ3n) is 4.71. The average molecular weight is 351 g/mol. The minimum Gasteiger partial charge on any atom is -0.462 e. The number of fused-ring (bicyclic) bond motifs is 1. The standard InChI is InChI=1S/C19H21N5O2/c1-2-26-19(25)14-8-9-16(20-12-14)23-10-5-6-15(13-23)18-22-21-17-7-3-4-11-24(17)18/h3-4,7-9,11-12,15H,2,5-6,10,13H2,1H3/t15-/m0/s1. The molecule has 0 N–H and O–H groups in total. The largest absolute Gasteiger partial charge is 0.462 e. The van der Waals surface area contributed by atoms with Crippen molar-refractivity contribution in [3.8, 4) is 0 Å². The molecule has 1 saturated heterocycles. The summed E-state index contributed by atoms with van der Waals surface area (Å²) in [7, 11) is 0. The summed E-state index contributed by atoms with van der Waals surface area (Å²) < 4.78 is 7.07. The Morgan fingerprint density at radius 1 is 1.27 bits per heavy atom. The Balaban J connectivity index is 1.52. The highest BCUT2D eigenvalue weighted by atomic mass is 16.5. The van der Waals surface area contributed by atoms with Gasteiger partial charge in [-0.1, -0.05) is 6.07 Å². The Kier molecular flexibility index (Phi) is 4.51. The maximum Gasteiger partial charge on any atom is 0.339 e. The zero-order valence-electron chi connectivity index (χ0n) is 14.7. The second-order valence-electron chi connectivity index (χ2n) is 6.40. The number of ether oxygens (including phenoxy) is 1. The first-order chi connectivity index (χ1) is 12.8. The number of carbonyl (C=O) groups excluding carboxylic acids is 1. The molecule has 7 nitrogen and oxygen atoms in total. The van der Waals surface area contributed by atoms with Crippen LogP contribution in [0.3, 0.4) is 0 Å². The van der Waals surface area contributed by atoms with Crippen molar-refractivity contribution in [2.45, 2.75) is 25.7 Å². The van der Waals surface area contributed by atoms with Gasteiger partial charge >= 0.3 is 5.97 Å². The Morgan fingerprint density at radius 3 is 3.00 bits per heavy atom. The molecule has 1 aliphatic heterocycles. The number of hydrogen-bond acceptors (Lipinski definition) is 6. The third kappa shape index (κ3) is 3.12. The van der Waals surface area contributed by atoms with Gasteiger partial charge in [0.1, 0.15) is 11.6 Å². The molecule has 0 saturated carbocycles. The van der Waals surface area contributed by atoms with Gasteiger partial charge in [0.2, 0.25) is 0 Å². The van der Waals surface area contributed by atoms with Crippen LogP contribution in [0.25, 0.3) is 5.65 Å². The van der Waals surface area contributed by atoms with E-state index in [2.05, 4.69) is 24.5 Å². The summed E-state index contributed by atoms with van der Waals surface area (Å²) in [4.78, 5) is 18.5. The summed E-state index contributed by atoms with van der Waals surface area (Å²) in [6, 6.07) is 9.59. The van der Waals surface area contributed by atoms with E-state index in [0.717, 1.165) is 43.2 Å². The van der Waals surface area contributed by atoms with Crippen LogP contribution in [0.5, 0.6) is 0 Å². The normalized spacial score (nSPS) is 17.4. The predicted molar refractivity (Wildman–Crippen MR) is 97.4 cm³/mol. The van der Waals surface area contributed by atoms with E-state index in [4.69, 9.17) is 4.74 Å². The third-order valence-corrected chi connectivity index (χ3v) is 4.71. The van der Waals surface area contributed by atoms with Crippen molar-refractivity contribution in [2.24, 2.45) is 0 Å². The quantitative estimate of drug-likeness (QED) is 0.673. The minimum absolute atomic E-state index is 0.299. The molecule has 1 atom stereocenters. The van der Waals surface area contributed by atoms with E-state index in [1.807, 2.05) is 30.5 Å². The molecule has 4 rings (SSSR count). The molecule has 0 aliphatic carbocycles. The summed E-state index contributed by atoms with van der Waals surface area (Å²) in [5.74, 6) is 1.83. The van der Waals surface area contributed by atoms with Crippen molar-refractivity contribution in [3.63, 3.8) is 0 Å². The van der Waals surface area contributed by atoms with Crippen molar-refractivity contribution in [3.05, 3.63) is 54.1 Å². The molecule has 3 aromatic rings. The molecule has 134 valence electrons. The second kappa shape index (κ2) is 7.11. The molecule has 0 amide bonds. The number of rotatable bonds is 4. The maximum atomic E-state index is 11.8. The zero-order valence-corrected chi connectivity index (χ0v) is 14.7. The number of aromatic nitrogens is 4. The van der Waals surface area contributed by atoms with Gasteiger partial charge in [-0.05, 0) is 44.0 Å². The van der Waals surface area contributed by atoms with Crippen molar-refractivity contribution < 1.29 is 9.53 Å². The van der Waals surface area contributed by atoms with Crippen LogP contribution in [-0.4, -0.2) is 45.2 Å². The Morgan fingerprint density at radius 2 is 2.19 bits per heavy atom. The van der Waals surface area contributed by atoms with E-state index in [0.29, 0.717) is 18.1 Å². The van der Waals surface area contributed by atoms with Gasteiger partial charge in [-0.2, -0.15) is 0 Å². The number of esters is 1. The fourth-order valence-electron chi connectivity index (χ4n) is 3.44. The summed E-state index contributed by atoms with van der Waals surface area (Å²) >= 11 is 0. The topological polar surface area (TPSA) is 72.6 Å². The summed E-state index contributed by atoms with van der Waals surface area (Å²) in [5.41, 5.74) is 1.35. The van der Waals surface area contributed by atoms with Crippen LogP contribution in [-0.2, 0) is 4.74 Å². The van der Waals surface area contributed by atoms with E-state index >= 15 is 0 Å². The van der Waals surface area contributed by atoms with Crippen LogP contribution in [0.1, 0.15) is 41.9 Å². The number of anilines is 1. The lowest BCUT2D eigenvalue weighted by Crippen LogP contribution is -2.35. The highest BCUT2D eigenvalue weighted by Gasteiger charge is 2.26. The molecular weight excluding hydrogens is 330 g/mol. The molecule has 1 fully saturated rings. The highest BCUT2D eigenvalue weighted by molar-refractivity contribution is 5.89. The number of nitrogens with zero attached hydrogens (tertiary/aromatic N) is 5. The monoisotopic (exact) mass is 351 g/mol.